The Hall–Kier alpha value is -2.70. The van der Waals surface area contributed by atoms with Crippen molar-refractivity contribution in [2.24, 2.45) is 5.10 Å². The van der Waals surface area contributed by atoms with Crippen LogP contribution in [0.4, 0.5) is 0 Å². The van der Waals surface area contributed by atoms with E-state index in [9.17, 15) is 9.59 Å². The third kappa shape index (κ3) is 2.91. The molecule has 0 aliphatic carbocycles. The van der Waals surface area contributed by atoms with E-state index in [0.29, 0.717) is 5.76 Å². The molecule has 92 valence electrons. The van der Waals surface area contributed by atoms with Gasteiger partial charge >= 0.3 is 0 Å². The van der Waals surface area contributed by atoms with Crippen LogP contribution in [-0.2, 0) is 0 Å². The van der Waals surface area contributed by atoms with Crippen molar-refractivity contribution in [2.45, 2.75) is 6.92 Å². The maximum absolute atomic E-state index is 11.5. The number of carbonyl (C=O) groups is 1. The standard InChI is InChI=1S/C11H10N4O3/c1-7-2-3-8(18-7)6-12-15-11(17)9-4-5-10(16)14-13-9/h2-6H,1H3,(H,14,16)(H,15,17). The van der Waals surface area contributed by atoms with E-state index in [2.05, 4.69) is 20.7 Å². The van der Waals surface area contributed by atoms with Gasteiger partial charge in [0.1, 0.15) is 11.5 Å². The summed E-state index contributed by atoms with van der Waals surface area (Å²) in [5.41, 5.74) is 1.96. The van der Waals surface area contributed by atoms with Crippen LogP contribution in [0.1, 0.15) is 22.0 Å². The second kappa shape index (κ2) is 5.09. The summed E-state index contributed by atoms with van der Waals surface area (Å²) in [7, 11) is 0. The van der Waals surface area contributed by atoms with Gasteiger partial charge in [-0.2, -0.15) is 10.2 Å². The molecule has 0 saturated carbocycles. The van der Waals surface area contributed by atoms with Crippen LogP contribution in [-0.4, -0.2) is 22.3 Å². The van der Waals surface area contributed by atoms with Gasteiger partial charge in [0, 0.05) is 6.07 Å². The van der Waals surface area contributed by atoms with Crippen molar-refractivity contribution in [2.75, 3.05) is 0 Å². The molecule has 0 atom stereocenters. The lowest BCUT2D eigenvalue weighted by Gasteiger charge is -1.96. The van der Waals surface area contributed by atoms with E-state index >= 15 is 0 Å². The lowest BCUT2D eigenvalue weighted by atomic mass is 10.4. The van der Waals surface area contributed by atoms with Gasteiger partial charge in [-0.25, -0.2) is 10.5 Å². The second-order valence-corrected chi connectivity index (χ2v) is 3.45. The van der Waals surface area contributed by atoms with Crippen LogP contribution in [0.15, 0.2) is 38.6 Å². The monoisotopic (exact) mass is 246 g/mol. The highest BCUT2D eigenvalue weighted by atomic mass is 16.3. The minimum atomic E-state index is -0.522. The normalized spacial score (nSPS) is 10.7. The Labute approximate surface area is 102 Å². The number of H-pyrrole nitrogens is 1. The number of aryl methyl sites for hydroxylation is 1. The number of nitrogens with one attached hydrogen (secondary N) is 2. The Kier molecular flexibility index (Phi) is 3.33. The van der Waals surface area contributed by atoms with Crippen molar-refractivity contribution < 1.29 is 9.21 Å². The van der Waals surface area contributed by atoms with Crippen LogP contribution in [0, 0.1) is 6.92 Å². The van der Waals surface area contributed by atoms with Crippen LogP contribution in [0.3, 0.4) is 0 Å². The fourth-order valence-electron chi connectivity index (χ4n) is 1.21. The Balaban J connectivity index is 1.98. The third-order valence-electron chi connectivity index (χ3n) is 2.03. The molecule has 0 saturated heterocycles. The zero-order valence-electron chi connectivity index (χ0n) is 9.51. The molecule has 0 aliphatic rings. The molecule has 0 aromatic carbocycles. The number of amides is 1. The van der Waals surface area contributed by atoms with Gasteiger partial charge in [0.05, 0.1) is 6.21 Å². The number of carbonyl (C=O) groups excluding carboxylic acids is 1. The summed E-state index contributed by atoms with van der Waals surface area (Å²) in [5.74, 6) is 0.762. The molecule has 0 bridgehead atoms. The van der Waals surface area contributed by atoms with Crippen molar-refractivity contribution in [1.29, 1.82) is 0 Å². The lowest BCUT2D eigenvalue weighted by Crippen LogP contribution is -2.21. The Morgan fingerprint density at radius 3 is 2.89 bits per heavy atom. The van der Waals surface area contributed by atoms with Crippen LogP contribution in [0.5, 0.6) is 0 Å². The van der Waals surface area contributed by atoms with E-state index in [0.717, 1.165) is 5.76 Å². The number of rotatable bonds is 3. The van der Waals surface area contributed by atoms with Gasteiger partial charge < -0.3 is 4.42 Å². The van der Waals surface area contributed by atoms with Gasteiger partial charge in [-0.15, -0.1) is 0 Å². The predicted molar refractivity (Wildman–Crippen MR) is 63.4 cm³/mol. The molecule has 0 unspecified atom stereocenters. The first-order chi connectivity index (χ1) is 8.65. The maximum Gasteiger partial charge on any atom is 0.291 e. The van der Waals surface area contributed by atoms with E-state index in [1.165, 1.54) is 18.3 Å². The number of hydrazone groups is 1. The van der Waals surface area contributed by atoms with Crippen molar-refractivity contribution in [3.05, 3.63) is 51.8 Å². The summed E-state index contributed by atoms with van der Waals surface area (Å²) in [4.78, 5) is 22.3. The number of aromatic nitrogens is 2. The molecule has 1 amide bonds. The molecule has 0 radical (unpaired) electrons. The van der Waals surface area contributed by atoms with Gasteiger partial charge in [-0.1, -0.05) is 0 Å². The molecule has 2 N–H and O–H groups in total. The molecular formula is C11H10N4O3. The molecule has 0 fully saturated rings. The van der Waals surface area contributed by atoms with E-state index in [1.807, 2.05) is 0 Å². The number of furan rings is 1. The number of hydrogen-bond acceptors (Lipinski definition) is 5. The molecular weight excluding hydrogens is 236 g/mol. The molecule has 0 aliphatic heterocycles. The highest BCUT2D eigenvalue weighted by molar-refractivity contribution is 5.92. The largest absolute Gasteiger partial charge is 0.460 e. The lowest BCUT2D eigenvalue weighted by molar-refractivity contribution is 0.0949. The van der Waals surface area contributed by atoms with E-state index < -0.39 is 5.91 Å². The summed E-state index contributed by atoms with van der Waals surface area (Å²) in [6.45, 7) is 1.81. The number of aromatic amines is 1. The molecule has 2 rings (SSSR count). The topological polar surface area (TPSA) is 100 Å². The Morgan fingerprint density at radius 2 is 2.28 bits per heavy atom. The number of hydrogen-bond donors (Lipinski definition) is 2. The smallest absolute Gasteiger partial charge is 0.291 e. The van der Waals surface area contributed by atoms with E-state index in [-0.39, 0.29) is 11.3 Å². The molecule has 7 nitrogen and oxygen atoms in total. The highest BCUT2D eigenvalue weighted by Crippen LogP contribution is 2.02. The van der Waals surface area contributed by atoms with Crippen molar-refractivity contribution in [3.8, 4) is 0 Å². The first-order valence-corrected chi connectivity index (χ1v) is 5.11. The predicted octanol–water partition coefficient (Wildman–Crippen LogP) is 0.435. The molecule has 2 aromatic rings. The van der Waals surface area contributed by atoms with Gasteiger partial charge in [-0.3, -0.25) is 9.59 Å². The van der Waals surface area contributed by atoms with Crippen LogP contribution in [0.25, 0.3) is 0 Å². The molecule has 0 spiro atoms. The van der Waals surface area contributed by atoms with Crippen LogP contribution < -0.4 is 11.0 Å². The zero-order valence-corrected chi connectivity index (χ0v) is 9.51. The Bertz CT molecular complexity index is 621. The third-order valence-corrected chi connectivity index (χ3v) is 2.03. The Morgan fingerprint density at radius 1 is 1.44 bits per heavy atom. The molecule has 2 heterocycles. The summed E-state index contributed by atoms with van der Waals surface area (Å²) in [6.07, 6.45) is 1.37. The zero-order chi connectivity index (χ0) is 13.0. The van der Waals surface area contributed by atoms with Gasteiger partial charge in [0.2, 0.25) is 0 Å². The van der Waals surface area contributed by atoms with Crippen molar-refractivity contribution in [1.82, 2.24) is 15.6 Å². The van der Waals surface area contributed by atoms with Gasteiger partial charge in [-0.05, 0) is 25.1 Å². The van der Waals surface area contributed by atoms with Crippen LogP contribution in [0.2, 0.25) is 0 Å². The molecule has 7 heteroatoms. The summed E-state index contributed by atoms with van der Waals surface area (Å²) < 4.78 is 5.22. The van der Waals surface area contributed by atoms with Crippen LogP contribution >= 0.6 is 0 Å². The van der Waals surface area contributed by atoms with Crippen molar-refractivity contribution >= 4 is 12.1 Å². The SMILES string of the molecule is Cc1ccc(C=NNC(=O)c2ccc(=O)[nH]n2)o1. The van der Waals surface area contributed by atoms with Gasteiger partial charge in [0.15, 0.2) is 5.69 Å². The fourth-order valence-corrected chi connectivity index (χ4v) is 1.21. The molecule has 2 aromatic heterocycles. The van der Waals surface area contributed by atoms with Gasteiger partial charge in [0.25, 0.3) is 11.5 Å². The number of nitrogens with zero attached hydrogens (tertiary/aromatic N) is 2. The average molecular weight is 246 g/mol. The van der Waals surface area contributed by atoms with E-state index in [4.69, 9.17) is 4.42 Å². The first kappa shape index (κ1) is 11.8. The highest BCUT2D eigenvalue weighted by Gasteiger charge is 2.05. The average Bonchev–Trinajstić information content (AvgIpc) is 2.76. The summed E-state index contributed by atoms with van der Waals surface area (Å²) in [6, 6.07) is 6.03. The minimum Gasteiger partial charge on any atom is -0.460 e. The fraction of sp³-hybridized carbons (Fsp3) is 0.0909. The minimum absolute atomic E-state index is 0.0716. The maximum atomic E-state index is 11.5. The summed E-state index contributed by atoms with van der Waals surface area (Å²) in [5, 5.41) is 9.42. The quantitative estimate of drug-likeness (QED) is 0.606. The van der Waals surface area contributed by atoms with Crippen molar-refractivity contribution in [3.63, 3.8) is 0 Å². The van der Waals surface area contributed by atoms with E-state index in [1.54, 1.807) is 19.1 Å². The first-order valence-electron chi connectivity index (χ1n) is 5.11. The molecule has 18 heavy (non-hydrogen) atoms. The summed E-state index contributed by atoms with van der Waals surface area (Å²) >= 11 is 0. The second-order valence-electron chi connectivity index (χ2n) is 3.45.